The largest absolute Gasteiger partial charge is 0.264 e. The third-order valence-electron chi connectivity index (χ3n) is 7.52. The van der Waals surface area contributed by atoms with Crippen LogP contribution in [-0.2, 0) is 12.8 Å². The maximum atomic E-state index is 4.62. The van der Waals surface area contributed by atoms with E-state index < -0.39 is 0 Å². The molecule has 3 atom stereocenters. The Morgan fingerprint density at radius 3 is 2.71 bits per heavy atom. The van der Waals surface area contributed by atoms with Gasteiger partial charge in [0.25, 0.3) is 0 Å². The van der Waals surface area contributed by atoms with Crippen LogP contribution in [0.2, 0.25) is 0 Å². The molecule has 2 aliphatic rings. The van der Waals surface area contributed by atoms with E-state index in [2.05, 4.69) is 79.5 Å². The Labute approximate surface area is 168 Å². The molecule has 0 N–H and O–H groups in total. The third kappa shape index (κ3) is 2.70. The molecule has 2 aromatic heterocycles. The molecule has 0 saturated heterocycles. The Morgan fingerprint density at radius 1 is 1.07 bits per heavy atom. The summed E-state index contributed by atoms with van der Waals surface area (Å²) in [6.45, 7) is 6.82. The second-order valence-corrected chi connectivity index (χ2v) is 9.07. The number of fused-ring (bicyclic) bond motifs is 4. The first kappa shape index (κ1) is 17.6. The number of aryl methyl sites for hydroxylation is 3. The Morgan fingerprint density at radius 2 is 1.89 bits per heavy atom. The number of nitrogens with zero attached hydrogens (tertiary/aromatic N) is 2. The van der Waals surface area contributed by atoms with Crippen LogP contribution in [0.5, 0.6) is 0 Å². The minimum Gasteiger partial charge on any atom is -0.264 e. The number of rotatable bonds is 4. The summed E-state index contributed by atoms with van der Waals surface area (Å²) in [6.07, 6.45) is 11.2. The van der Waals surface area contributed by atoms with Gasteiger partial charge in [0.1, 0.15) is 0 Å². The van der Waals surface area contributed by atoms with Crippen molar-refractivity contribution in [2.24, 2.45) is 11.3 Å². The molecule has 28 heavy (non-hydrogen) atoms. The molecule has 3 aromatic rings. The Kier molecular flexibility index (Phi) is 4.12. The summed E-state index contributed by atoms with van der Waals surface area (Å²) in [5, 5.41) is 0. The molecule has 142 valence electrons. The predicted octanol–water partition coefficient (Wildman–Crippen LogP) is 6.06. The molecule has 2 heteroatoms. The lowest BCUT2D eigenvalue weighted by molar-refractivity contribution is -0.00905. The molecule has 2 heterocycles. The van der Waals surface area contributed by atoms with E-state index in [9.17, 15) is 0 Å². The van der Waals surface area contributed by atoms with Crippen LogP contribution in [0.1, 0.15) is 53.6 Å². The van der Waals surface area contributed by atoms with Gasteiger partial charge in [-0.05, 0) is 96.2 Å². The van der Waals surface area contributed by atoms with E-state index >= 15 is 0 Å². The molecular weight excluding hydrogens is 340 g/mol. The molecule has 2 nitrogen and oxygen atoms in total. The van der Waals surface area contributed by atoms with E-state index in [4.69, 9.17) is 0 Å². The zero-order chi connectivity index (χ0) is 19.3. The zero-order valence-electron chi connectivity index (χ0n) is 17.1. The van der Waals surface area contributed by atoms with Crippen molar-refractivity contribution in [3.05, 3.63) is 82.9 Å². The van der Waals surface area contributed by atoms with E-state index in [1.54, 1.807) is 5.56 Å². The van der Waals surface area contributed by atoms with Crippen LogP contribution in [0.3, 0.4) is 0 Å². The lowest BCUT2D eigenvalue weighted by atomic mass is 9.45. The summed E-state index contributed by atoms with van der Waals surface area (Å²) in [4.78, 5) is 9.13. The average Bonchev–Trinajstić information content (AvgIpc) is 2.73. The first-order chi connectivity index (χ1) is 13.6. The molecule has 0 aliphatic heterocycles. The second kappa shape index (κ2) is 6.55. The van der Waals surface area contributed by atoms with Crippen molar-refractivity contribution in [1.29, 1.82) is 0 Å². The first-order valence-electron chi connectivity index (χ1n) is 10.5. The number of hydrogen-bond donors (Lipinski definition) is 0. The lowest BCUT2D eigenvalue weighted by Crippen LogP contribution is -2.50. The molecular formula is C26H28N2. The predicted molar refractivity (Wildman–Crippen MR) is 114 cm³/mol. The Balaban J connectivity index is 1.42. The van der Waals surface area contributed by atoms with Gasteiger partial charge in [0.05, 0.1) is 0 Å². The van der Waals surface area contributed by atoms with E-state index in [-0.39, 0.29) is 0 Å². The summed E-state index contributed by atoms with van der Waals surface area (Å²) in [6, 6.07) is 13.0. The van der Waals surface area contributed by atoms with Crippen molar-refractivity contribution in [3.63, 3.8) is 0 Å². The molecule has 1 aromatic carbocycles. The van der Waals surface area contributed by atoms with Crippen LogP contribution < -0.4 is 0 Å². The van der Waals surface area contributed by atoms with Crippen LogP contribution in [0, 0.1) is 25.2 Å². The second-order valence-electron chi connectivity index (χ2n) is 9.07. The van der Waals surface area contributed by atoms with Crippen LogP contribution in [0.4, 0.5) is 0 Å². The van der Waals surface area contributed by atoms with Crippen LogP contribution in [0.25, 0.3) is 11.1 Å². The van der Waals surface area contributed by atoms with Crippen molar-refractivity contribution in [2.75, 3.05) is 0 Å². The lowest BCUT2D eigenvalue weighted by Gasteiger charge is -2.59. The van der Waals surface area contributed by atoms with E-state index in [1.165, 1.54) is 47.1 Å². The monoisotopic (exact) mass is 368 g/mol. The fourth-order valence-electron chi connectivity index (χ4n) is 5.64. The number of aromatic nitrogens is 2. The van der Waals surface area contributed by atoms with Gasteiger partial charge in [-0.1, -0.05) is 37.3 Å². The van der Waals surface area contributed by atoms with Crippen molar-refractivity contribution in [3.8, 4) is 11.1 Å². The molecule has 0 spiro atoms. The van der Waals surface area contributed by atoms with Crippen molar-refractivity contribution in [1.82, 2.24) is 9.97 Å². The SMILES string of the molecule is Cc1cc(-c2ccccc2)c(CCC2(C)[C@H]3Cc4c(C)cncc4[C@@H]2C3)cn1. The smallest absolute Gasteiger partial charge is 0.0379 e. The molecule has 1 fully saturated rings. The van der Waals surface area contributed by atoms with Crippen molar-refractivity contribution in [2.45, 2.75) is 52.4 Å². The standard InChI is InChI=1S/C26H28N2/c1-17-14-27-16-24-22(17)12-21-13-25(24)26(21,3)10-9-20-15-28-18(2)11-23(20)19-7-5-4-6-8-19/h4-8,11,14-16,21,25H,9-10,12-13H2,1-3H3/t21-,25-,26?/m0/s1. The molecule has 0 amide bonds. The number of pyridine rings is 2. The number of benzene rings is 1. The molecule has 2 aliphatic carbocycles. The molecule has 1 saturated carbocycles. The van der Waals surface area contributed by atoms with Gasteiger partial charge in [-0.25, -0.2) is 0 Å². The van der Waals surface area contributed by atoms with Crippen LogP contribution in [-0.4, -0.2) is 9.97 Å². The van der Waals surface area contributed by atoms with E-state index in [1.807, 2.05) is 6.20 Å². The fraction of sp³-hybridized carbons (Fsp3) is 0.385. The minimum atomic E-state index is 0.390. The number of hydrogen-bond acceptors (Lipinski definition) is 2. The van der Waals surface area contributed by atoms with Gasteiger partial charge in [-0.2, -0.15) is 0 Å². The van der Waals surface area contributed by atoms with Gasteiger partial charge in [0.15, 0.2) is 0 Å². The zero-order valence-corrected chi connectivity index (χ0v) is 17.1. The van der Waals surface area contributed by atoms with Gasteiger partial charge in [-0.15, -0.1) is 0 Å². The highest BCUT2D eigenvalue weighted by atomic mass is 14.7. The quantitative estimate of drug-likeness (QED) is 0.559. The van der Waals surface area contributed by atoms with Crippen LogP contribution >= 0.6 is 0 Å². The molecule has 0 radical (unpaired) electrons. The molecule has 5 rings (SSSR count). The highest BCUT2D eigenvalue weighted by Gasteiger charge is 2.55. The van der Waals surface area contributed by atoms with Gasteiger partial charge in [0, 0.05) is 24.3 Å². The summed E-state index contributed by atoms with van der Waals surface area (Å²) < 4.78 is 0. The van der Waals surface area contributed by atoms with Gasteiger partial charge in [-0.3, -0.25) is 9.97 Å². The van der Waals surface area contributed by atoms with Crippen LogP contribution in [0.15, 0.2) is 55.0 Å². The topological polar surface area (TPSA) is 25.8 Å². The summed E-state index contributed by atoms with van der Waals surface area (Å²) >= 11 is 0. The summed E-state index contributed by atoms with van der Waals surface area (Å²) in [5.41, 5.74) is 9.98. The molecule has 1 unspecified atom stereocenters. The minimum absolute atomic E-state index is 0.390. The first-order valence-corrected chi connectivity index (χ1v) is 10.5. The highest BCUT2D eigenvalue weighted by Crippen LogP contribution is 2.64. The van der Waals surface area contributed by atoms with Gasteiger partial charge < -0.3 is 0 Å². The normalized spacial score (nSPS) is 25.1. The Hall–Kier alpha value is -2.48. The van der Waals surface area contributed by atoms with E-state index in [0.717, 1.165) is 18.0 Å². The van der Waals surface area contributed by atoms with E-state index in [0.29, 0.717) is 11.3 Å². The third-order valence-corrected chi connectivity index (χ3v) is 7.52. The summed E-state index contributed by atoms with van der Waals surface area (Å²) in [7, 11) is 0. The molecule has 2 bridgehead atoms. The highest BCUT2D eigenvalue weighted by molar-refractivity contribution is 5.67. The Bertz CT molecular complexity index is 1020. The maximum absolute atomic E-state index is 4.62. The van der Waals surface area contributed by atoms with Crippen molar-refractivity contribution >= 4 is 0 Å². The van der Waals surface area contributed by atoms with Crippen molar-refractivity contribution < 1.29 is 0 Å². The van der Waals surface area contributed by atoms with Gasteiger partial charge >= 0.3 is 0 Å². The average molecular weight is 369 g/mol. The van der Waals surface area contributed by atoms with Gasteiger partial charge in [0.2, 0.25) is 0 Å². The fourth-order valence-corrected chi connectivity index (χ4v) is 5.64. The summed E-state index contributed by atoms with van der Waals surface area (Å²) in [5.74, 6) is 1.48. The maximum Gasteiger partial charge on any atom is 0.0379 e.